The van der Waals surface area contributed by atoms with Gasteiger partial charge in [0.2, 0.25) is 0 Å². The van der Waals surface area contributed by atoms with Crippen molar-refractivity contribution in [3.8, 4) is 17.2 Å². The third kappa shape index (κ3) is 2.05. The van der Waals surface area contributed by atoms with Crippen LogP contribution in [0.2, 0.25) is 0 Å². The standard InChI is InChI=1S/C12H13N7/c1-2-18-11(4-6-15-18)10-8-19(17-16-10)12-7-9(13)3-5-14-12/h3-8H,2H2,1H3,(H2,13,14). The van der Waals surface area contributed by atoms with Crippen molar-refractivity contribution in [1.82, 2.24) is 29.8 Å². The molecule has 96 valence electrons. The van der Waals surface area contributed by atoms with E-state index in [0.717, 1.165) is 17.9 Å². The zero-order valence-electron chi connectivity index (χ0n) is 10.4. The van der Waals surface area contributed by atoms with Crippen molar-refractivity contribution >= 4 is 5.69 Å². The molecule has 0 radical (unpaired) electrons. The summed E-state index contributed by atoms with van der Waals surface area (Å²) in [5.41, 5.74) is 8.05. The molecule has 0 atom stereocenters. The van der Waals surface area contributed by atoms with Gasteiger partial charge in [-0.2, -0.15) is 5.10 Å². The first-order chi connectivity index (χ1) is 9.28. The highest BCUT2D eigenvalue weighted by molar-refractivity contribution is 5.53. The maximum Gasteiger partial charge on any atom is 0.157 e. The van der Waals surface area contributed by atoms with Crippen LogP contribution in [0.15, 0.2) is 36.8 Å². The molecule has 0 aliphatic heterocycles. The summed E-state index contributed by atoms with van der Waals surface area (Å²) < 4.78 is 3.46. The largest absolute Gasteiger partial charge is 0.399 e. The van der Waals surface area contributed by atoms with Gasteiger partial charge >= 0.3 is 0 Å². The maximum absolute atomic E-state index is 5.73. The van der Waals surface area contributed by atoms with E-state index < -0.39 is 0 Å². The minimum Gasteiger partial charge on any atom is -0.399 e. The first kappa shape index (κ1) is 11.4. The predicted octanol–water partition coefficient (Wildman–Crippen LogP) is 1.13. The number of anilines is 1. The number of hydrogen-bond donors (Lipinski definition) is 1. The van der Waals surface area contributed by atoms with E-state index in [4.69, 9.17) is 5.73 Å². The van der Waals surface area contributed by atoms with Crippen LogP contribution in [0.4, 0.5) is 5.69 Å². The number of rotatable bonds is 3. The van der Waals surface area contributed by atoms with Crippen molar-refractivity contribution in [2.24, 2.45) is 0 Å². The topological polar surface area (TPSA) is 87.4 Å². The van der Waals surface area contributed by atoms with Gasteiger partial charge in [-0.25, -0.2) is 9.67 Å². The Hall–Kier alpha value is -2.70. The molecule has 7 nitrogen and oxygen atoms in total. The van der Waals surface area contributed by atoms with Crippen molar-refractivity contribution in [1.29, 1.82) is 0 Å². The van der Waals surface area contributed by atoms with Gasteiger partial charge in [-0.3, -0.25) is 4.68 Å². The molecule has 0 spiro atoms. The van der Waals surface area contributed by atoms with Crippen LogP contribution in [-0.4, -0.2) is 29.8 Å². The van der Waals surface area contributed by atoms with Crippen molar-refractivity contribution < 1.29 is 0 Å². The minimum atomic E-state index is 0.639. The van der Waals surface area contributed by atoms with Crippen LogP contribution >= 0.6 is 0 Å². The Balaban J connectivity index is 2.00. The number of aryl methyl sites for hydroxylation is 1. The highest BCUT2D eigenvalue weighted by atomic mass is 15.4. The molecule has 0 unspecified atom stereocenters. The molecule has 7 heteroatoms. The minimum absolute atomic E-state index is 0.639. The lowest BCUT2D eigenvalue weighted by atomic mass is 10.3. The summed E-state index contributed by atoms with van der Waals surface area (Å²) in [6.07, 6.45) is 5.20. The van der Waals surface area contributed by atoms with Crippen molar-refractivity contribution in [3.05, 3.63) is 36.8 Å². The highest BCUT2D eigenvalue weighted by Gasteiger charge is 2.10. The normalized spacial score (nSPS) is 10.8. The molecule has 2 N–H and O–H groups in total. The Bertz CT molecular complexity index is 697. The summed E-state index contributed by atoms with van der Waals surface area (Å²) in [4.78, 5) is 4.21. The maximum atomic E-state index is 5.73. The number of hydrogen-bond acceptors (Lipinski definition) is 5. The fraction of sp³-hybridized carbons (Fsp3) is 0.167. The summed E-state index contributed by atoms with van der Waals surface area (Å²) in [5, 5.41) is 12.4. The van der Waals surface area contributed by atoms with Gasteiger partial charge in [-0.15, -0.1) is 5.10 Å². The number of aromatic nitrogens is 6. The van der Waals surface area contributed by atoms with Crippen LogP contribution in [0, 0.1) is 0 Å². The summed E-state index contributed by atoms with van der Waals surface area (Å²) in [6.45, 7) is 2.81. The molecule has 0 aliphatic rings. The number of nitrogen functional groups attached to an aromatic ring is 1. The lowest BCUT2D eigenvalue weighted by Crippen LogP contribution is -1.99. The molecule has 0 aromatic carbocycles. The average Bonchev–Trinajstić information content (AvgIpc) is 3.07. The van der Waals surface area contributed by atoms with E-state index in [1.54, 1.807) is 29.2 Å². The highest BCUT2D eigenvalue weighted by Crippen LogP contribution is 2.17. The average molecular weight is 255 g/mol. The van der Waals surface area contributed by atoms with Gasteiger partial charge in [0.05, 0.1) is 11.9 Å². The van der Waals surface area contributed by atoms with Crippen LogP contribution < -0.4 is 5.73 Å². The SMILES string of the molecule is CCn1nccc1-c1cn(-c2cc(N)ccn2)nn1. The number of pyridine rings is 1. The fourth-order valence-electron chi connectivity index (χ4n) is 1.85. The summed E-state index contributed by atoms with van der Waals surface area (Å²) >= 11 is 0. The van der Waals surface area contributed by atoms with E-state index in [2.05, 4.69) is 20.4 Å². The van der Waals surface area contributed by atoms with Gasteiger partial charge in [0, 0.05) is 30.7 Å². The zero-order valence-corrected chi connectivity index (χ0v) is 10.4. The van der Waals surface area contributed by atoms with Crippen molar-refractivity contribution in [3.63, 3.8) is 0 Å². The Morgan fingerprint density at radius 2 is 2.16 bits per heavy atom. The van der Waals surface area contributed by atoms with Gasteiger partial charge < -0.3 is 5.73 Å². The second kappa shape index (κ2) is 4.52. The summed E-state index contributed by atoms with van der Waals surface area (Å²) in [5.74, 6) is 0.640. The Morgan fingerprint density at radius 1 is 1.26 bits per heavy atom. The molecule has 0 amide bonds. The zero-order chi connectivity index (χ0) is 13.2. The molecular formula is C12H13N7. The molecule has 0 aliphatic carbocycles. The molecule has 3 aromatic heterocycles. The monoisotopic (exact) mass is 255 g/mol. The van der Waals surface area contributed by atoms with E-state index in [1.807, 2.05) is 23.9 Å². The number of nitrogens with zero attached hydrogens (tertiary/aromatic N) is 6. The first-order valence-electron chi connectivity index (χ1n) is 5.94. The third-order valence-electron chi connectivity index (χ3n) is 2.78. The van der Waals surface area contributed by atoms with E-state index in [0.29, 0.717) is 11.5 Å². The molecule has 3 rings (SSSR count). The summed E-state index contributed by atoms with van der Waals surface area (Å²) in [7, 11) is 0. The van der Waals surface area contributed by atoms with Crippen LogP contribution in [0.1, 0.15) is 6.92 Å². The number of nitrogens with two attached hydrogens (primary N) is 1. The molecule has 19 heavy (non-hydrogen) atoms. The van der Waals surface area contributed by atoms with Crippen LogP contribution in [0.5, 0.6) is 0 Å². The van der Waals surface area contributed by atoms with Gasteiger partial charge in [0.1, 0.15) is 5.69 Å². The molecular weight excluding hydrogens is 242 g/mol. The van der Waals surface area contributed by atoms with Crippen LogP contribution in [-0.2, 0) is 6.54 Å². The molecule has 3 aromatic rings. The van der Waals surface area contributed by atoms with Crippen LogP contribution in [0.3, 0.4) is 0 Å². The molecule has 3 heterocycles. The van der Waals surface area contributed by atoms with Gasteiger partial charge in [-0.05, 0) is 19.1 Å². The second-order valence-electron chi connectivity index (χ2n) is 4.03. The first-order valence-corrected chi connectivity index (χ1v) is 5.94. The van der Waals surface area contributed by atoms with Crippen molar-refractivity contribution in [2.45, 2.75) is 13.5 Å². The molecule has 0 saturated carbocycles. The quantitative estimate of drug-likeness (QED) is 0.758. The predicted molar refractivity (Wildman–Crippen MR) is 70.5 cm³/mol. The Labute approximate surface area is 109 Å². The van der Waals surface area contributed by atoms with E-state index in [-0.39, 0.29) is 0 Å². The van der Waals surface area contributed by atoms with Gasteiger partial charge in [-0.1, -0.05) is 5.21 Å². The Kier molecular flexibility index (Phi) is 2.71. The van der Waals surface area contributed by atoms with Gasteiger partial charge in [0.25, 0.3) is 0 Å². The smallest absolute Gasteiger partial charge is 0.157 e. The van der Waals surface area contributed by atoms with E-state index >= 15 is 0 Å². The Morgan fingerprint density at radius 3 is 2.95 bits per heavy atom. The van der Waals surface area contributed by atoms with Gasteiger partial charge in [0.15, 0.2) is 5.82 Å². The molecule has 0 fully saturated rings. The van der Waals surface area contributed by atoms with E-state index in [1.165, 1.54) is 0 Å². The van der Waals surface area contributed by atoms with E-state index in [9.17, 15) is 0 Å². The lowest BCUT2D eigenvalue weighted by molar-refractivity contribution is 0.665. The fourth-order valence-corrected chi connectivity index (χ4v) is 1.85. The molecule has 0 bridgehead atoms. The lowest BCUT2D eigenvalue weighted by Gasteiger charge is -2.00. The van der Waals surface area contributed by atoms with Crippen LogP contribution in [0.25, 0.3) is 17.2 Å². The summed E-state index contributed by atoms with van der Waals surface area (Å²) in [6, 6.07) is 5.38. The third-order valence-corrected chi connectivity index (χ3v) is 2.78. The van der Waals surface area contributed by atoms with Crippen molar-refractivity contribution in [2.75, 3.05) is 5.73 Å². The molecule has 0 saturated heterocycles. The second-order valence-corrected chi connectivity index (χ2v) is 4.03.